The Kier molecular flexibility index (Phi) is 8.72. The molecule has 0 unspecified atom stereocenters. The van der Waals surface area contributed by atoms with E-state index in [1.807, 2.05) is 18.3 Å². The summed E-state index contributed by atoms with van der Waals surface area (Å²) in [7, 11) is 3.44. The first-order valence-electron chi connectivity index (χ1n) is 8.96. The fraction of sp³-hybridized carbons (Fsp3) is 0.286. The molecule has 0 saturated carbocycles. The van der Waals surface area contributed by atoms with Crippen molar-refractivity contribution in [3.8, 4) is 0 Å². The van der Waals surface area contributed by atoms with Gasteiger partial charge in [-0.05, 0) is 41.3 Å². The van der Waals surface area contributed by atoms with Crippen molar-refractivity contribution in [1.82, 2.24) is 15.6 Å². The van der Waals surface area contributed by atoms with Gasteiger partial charge in [0.1, 0.15) is 5.82 Å². The second kappa shape index (κ2) is 11.0. The molecule has 0 radical (unpaired) electrons. The lowest BCUT2D eigenvalue weighted by Crippen LogP contribution is -2.37. The first-order valence-corrected chi connectivity index (χ1v) is 8.96. The van der Waals surface area contributed by atoms with Gasteiger partial charge < -0.3 is 20.4 Å². The van der Waals surface area contributed by atoms with Crippen LogP contribution in [0.2, 0.25) is 0 Å². The number of guanidine groups is 1. The van der Waals surface area contributed by atoms with Crippen molar-refractivity contribution in [2.75, 3.05) is 20.7 Å². The smallest absolute Gasteiger partial charge is 0.191 e. The monoisotopic (exact) mass is 496 g/mol. The van der Waals surface area contributed by atoms with E-state index in [4.69, 9.17) is 4.74 Å². The summed E-state index contributed by atoms with van der Waals surface area (Å²) in [6.07, 6.45) is 2.71. The predicted molar refractivity (Wildman–Crippen MR) is 123 cm³/mol. The Morgan fingerprint density at radius 2 is 1.96 bits per heavy atom. The van der Waals surface area contributed by atoms with E-state index in [9.17, 15) is 4.39 Å². The van der Waals surface area contributed by atoms with E-state index in [1.54, 1.807) is 26.3 Å². The van der Waals surface area contributed by atoms with Crippen molar-refractivity contribution in [1.29, 1.82) is 0 Å². The van der Waals surface area contributed by atoms with E-state index < -0.39 is 0 Å². The molecule has 150 valence electrons. The fourth-order valence-electron chi connectivity index (χ4n) is 3.08. The van der Waals surface area contributed by atoms with Gasteiger partial charge in [-0.2, -0.15) is 0 Å². The number of benzene rings is 2. The maximum absolute atomic E-state index is 13.5. The first kappa shape index (κ1) is 22.2. The SMILES string of the molecule is CN=C(NCCc1c[nH]c2ccc(F)cc12)NCc1cccc(COC)c1.I. The number of fused-ring (bicyclic) bond motifs is 1. The van der Waals surface area contributed by atoms with Gasteiger partial charge in [0.2, 0.25) is 0 Å². The molecule has 3 aromatic rings. The summed E-state index contributed by atoms with van der Waals surface area (Å²) < 4.78 is 18.6. The number of aromatic amines is 1. The van der Waals surface area contributed by atoms with Gasteiger partial charge in [0.05, 0.1) is 6.61 Å². The van der Waals surface area contributed by atoms with Crippen LogP contribution >= 0.6 is 24.0 Å². The summed E-state index contributed by atoms with van der Waals surface area (Å²) in [6.45, 7) is 1.98. The molecule has 7 heteroatoms. The number of hydrogen-bond acceptors (Lipinski definition) is 2. The van der Waals surface area contributed by atoms with Crippen LogP contribution in [0.5, 0.6) is 0 Å². The Labute approximate surface area is 181 Å². The number of rotatable bonds is 7. The average molecular weight is 496 g/mol. The highest BCUT2D eigenvalue weighted by atomic mass is 127. The maximum Gasteiger partial charge on any atom is 0.191 e. The summed E-state index contributed by atoms with van der Waals surface area (Å²) >= 11 is 0. The number of aromatic nitrogens is 1. The quantitative estimate of drug-likeness (QED) is 0.264. The molecule has 0 saturated heterocycles. The van der Waals surface area contributed by atoms with Crippen molar-refractivity contribution >= 4 is 40.8 Å². The second-order valence-electron chi connectivity index (χ2n) is 6.36. The molecular weight excluding hydrogens is 470 g/mol. The Morgan fingerprint density at radius 3 is 2.75 bits per heavy atom. The average Bonchev–Trinajstić information content (AvgIpc) is 3.07. The normalized spacial score (nSPS) is 11.3. The molecule has 1 heterocycles. The predicted octanol–water partition coefficient (Wildman–Crippen LogP) is 3.98. The van der Waals surface area contributed by atoms with Crippen LogP contribution in [0, 0.1) is 5.82 Å². The van der Waals surface area contributed by atoms with Crippen LogP contribution in [0.1, 0.15) is 16.7 Å². The topological polar surface area (TPSA) is 61.4 Å². The third-order valence-electron chi connectivity index (χ3n) is 4.40. The standard InChI is InChI=1S/C21H25FN4O.HI/c1-23-21(26-12-15-4-3-5-16(10-15)14-27-2)24-9-8-17-13-25-20-7-6-18(22)11-19(17)20;/h3-7,10-11,13,25H,8-9,12,14H2,1-2H3,(H2,23,24,26);1H. The number of aliphatic imine (C=N–C) groups is 1. The van der Waals surface area contributed by atoms with Crippen LogP contribution < -0.4 is 10.6 Å². The molecular formula is C21H26FIN4O. The number of halogens is 2. The molecule has 0 atom stereocenters. The van der Waals surface area contributed by atoms with Gasteiger partial charge in [-0.1, -0.05) is 24.3 Å². The van der Waals surface area contributed by atoms with E-state index in [0.717, 1.165) is 34.4 Å². The molecule has 0 aliphatic carbocycles. The van der Waals surface area contributed by atoms with Crippen molar-refractivity contribution in [3.05, 3.63) is 71.2 Å². The molecule has 1 aromatic heterocycles. The number of hydrogen-bond donors (Lipinski definition) is 3. The van der Waals surface area contributed by atoms with Gasteiger partial charge in [-0.3, -0.25) is 4.99 Å². The van der Waals surface area contributed by atoms with Crippen LogP contribution in [0.25, 0.3) is 10.9 Å². The number of ether oxygens (including phenoxy) is 1. The lowest BCUT2D eigenvalue weighted by Gasteiger charge is -2.12. The van der Waals surface area contributed by atoms with Gasteiger partial charge in [0.25, 0.3) is 0 Å². The van der Waals surface area contributed by atoms with Gasteiger partial charge >= 0.3 is 0 Å². The van der Waals surface area contributed by atoms with E-state index in [-0.39, 0.29) is 29.8 Å². The lowest BCUT2D eigenvalue weighted by molar-refractivity contribution is 0.185. The van der Waals surface area contributed by atoms with Crippen LogP contribution in [-0.2, 0) is 24.3 Å². The summed E-state index contributed by atoms with van der Waals surface area (Å²) in [5.74, 6) is 0.516. The Morgan fingerprint density at radius 1 is 1.14 bits per heavy atom. The molecule has 28 heavy (non-hydrogen) atoms. The van der Waals surface area contributed by atoms with Gasteiger partial charge in [0, 0.05) is 44.3 Å². The van der Waals surface area contributed by atoms with Crippen molar-refractivity contribution in [3.63, 3.8) is 0 Å². The molecule has 0 amide bonds. The minimum absolute atomic E-state index is 0. The number of nitrogens with one attached hydrogen (secondary N) is 3. The third-order valence-corrected chi connectivity index (χ3v) is 4.40. The van der Waals surface area contributed by atoms with Gasteiger partial charge in [-0.15, -0.1) is 24.0 Å². The summed E-state index contributed by atoms with van der Waals surface area (Å²) in [4.78, 5) is 7.44. The molecule has 0 aliphatic heterocycles. The molecule has 5 nitrogen and oxygen atoms in total. The van der Waals surface area contributed by atoms with E-state index >= 15 is 0 Å². The summed E-state index contributed by atoms with van der Waals surface area (Å²) in [6, 6.07) is 13.1. The Balaban J connectivity index is 0.00000280. The largest absolute Gasteiger partial charge is 0.380 e. The van der Waals surface area contributed by atoms with Crippen molar-refractivity contribution in [2.45, 2.75) is 19.6 Å². The minimum Gasteiger partial charge on any atom is -0.380 e. The minimum atomic E-state index is -0.218. The zero-order chi connectivity index (χ0) is 19.1. The van der Waals surface area contributed by atoms with Crippen LogP contribution in [-0.4, -0.2) is 31.6 Å². The first-order chi connectivity index (χ1) is 13.2. The number of methoxy groups -OCH3 is 1. The van der Waals surface area contributed by atoms with Crippen molar-refractivity contribution in [2.24, 2.45) is 4.99 Å². The van der Waals surface area contributed by atoms with Crippen LogP contribution in [0.4, 0.5) is 4.39 Å². The van der Waals surface area contributed by atoms with Crippen molar-refractivity contribution < 1.29 is 9.13 Å². The van der Waals surface area contributed by atoms with Gasteiger partial charge in [0.15, 0.2) is 5.96 Å². The van der Waals surface area contributed by atoms with E-state index in [0.29, 0.717) is 19.7 Å². The van der Waals surface area contributed by atoms with E-state index in [1.165, 1.54) is 11.6 Å². The number of nitrogens with zero attached hydrogens (tertiary/aromatic N) is 1. The Hall–Kier alpha value is -2.13. The zero-order valence-corrected chi connectivity index (χ0v) is 18.4. The second-order valence-corrected chi connectivity index (χ2v) is 6.36. The summed E-state index contributed by atoms with van der Waals surface area (Å²) in [5.41, 5.74) is 4.34. The van der Waals surface area contributed by atoms with Crippen LogP contribution in [0.3, 0.4) is 0 Å². The maximum atomic E-state index is 13.5. The fourth-order valence-corrected chi connectivity index (χ4v) is 3.08. The Bertz CT molecular complexity index is 926. The zero-order valence-electron chi connectivity index (χ0n) is 16.1. The molecule has 0 aliphatic rings. The highest BCUT2D eigenvalue weighted by molar-refractivity contribution is 14.0. The summed E-state index contributed by atoms with van der Waals surface area (Å²) in [5, 5.41) is 7.54. The van der Waals surface area contributed by atoms with E-state index in [2.05, 4.69) is 32.7 Å². The van der Waals surface area contributed by atoms with Gasteiger partial charge in [-0.25, -0.2) is 4.39 Å². The molecule has 2 aromatic carbocycles. The highest BCUT2D eigenvalue weighted by Gasteiger charge is 2.05. The molecule has 3 rings (SSSR count). The highest BCUT2D eigenvalue weighted by Crippen LogP contribution is 2.19. The molecule has 0 fully saturated rings. The number of H-pyrrole nitrogens is 1. The third kappa shape index (κ3) is 5.93. The van der Waals surface area contributed by atoms with Crippen LogP contribution in [0.15, 0.2) is 53.7 Å². The molecule has 0 spiro atoms. The lowest BCUT2D eigenvalue weighted by atomic mass is 10.1. The molecule has 3 N–H and O–H groups in total. The molecule has 0 bridgehead atoms.